The average molecular weight is 379 g/mol. The van der Waals surface area contributed by atoms with Crippen LogP contribution in [0.4, 0.5) is 0 Å². The van der Waals surface area contributed by atoms with E-state index >= 15 is 0 Å². The third-order valence-electron chi connectivity index (χ3n) is 4.75. The first-order valence-electron chi connectivity index (χ1n) is 10.6. The van der Waals surface area contributed by atoms with E-state index in [1.807, 2.05) is 0 Å². The smallest absolute Gasteiger partial charge is 0.243 e. The first-order valence-corrected chi connectivity index (χ1v) is 10.6. The monoisotopic (exact) mass is 378 g/mol. The molecule has 1 rings (SSSR count). The molecule has 0 bridgehead atoms. The zero-order valence-corrected chi connectivity index (χ0v) is 17.0. The highest BCUT2D eigenvalue weighted by Crippen LogP contribution is 2.18. The molecule has 5 nitrogen and oxygen atoms in total. The highest BCUT2D eigenvalue weighted by atomic mass is 16.5. The molecule has 0 spiro atoms. The number of nitrogens with one attached hydrogen (secondary N) is 1. The van der Waals surface area contributed by atoms with Crippen LogP contribution in [0.5, 0.6) is 0 Å². The van der Waals surface area contributed by atoms with Crippen LogP contribution in [0, 0.1) is 0 Å². The van der Waals surface area contributed by atoms with Gasteiger partial charge in [-0.05, 0) is 56.3 Å². The van der Waals surface area contributed by atoms with Gasteiger partial charge in [-0.2, -0.15) is 0 Å². The number of unbranched alkanes of at least 4 members (excludes halogenated alkanes) is 7. The van der Waals surface area contributed by atoms with E-state index < -0.39 is 12.1 Å². The summed E-state index contributed by atoms with van der Waals surface area (Å²) in [5.74, 6) is -0.407. The van der Waals surface area contributed by atoms with E-state index in [2.05, 4.69) is 23.7 Å². The highest BCUT2D eigenvalue weighted by molar-refractivity contribution is 5.74. The van der Waals surface area contributed by atoms with Gasteiger partial charge in [0.05, 0.1) is 5.70 Å². The van der Waals surface area contributed by atoms with Gasteiger partial charge < -0.3 is 20.9 Å². The van der Waals surface area contributed by atoms with Gasteiger partial charge >= 0.3 is 0 Å². The van der Waals surface area contributed by atoms with Crippen molar-refractivity contribution in [2.24, 2.45) is 5.73 Å². The standard InChI is InChI=1S/C22H38N2O3/c1-2-3-11-19-13-15-20(16-14-19)24-22(26)12-9-7-5-4-6-8-10-17-27-18-21(23)25/h22,24,26H,2-13,15,17-18H2,1H3,(H2,23,25). The number of hydrogen-bond acceptors (Lipinski definition) is 4. The molecule has 1 atom stereocenters. The second-order valence-electron chi connectivity index (χ2n) is 7.38. The Balaban J connectivity index is 1.99. The summed E-state index contributed by atoms with van der Waals surface area (Å²) >= 11 is 0. The van der Waals surface area contributed by atoms with Gasteiger partial charge in [-0.1, -0.05) is 51.2 Å². The Labute approximate surface area is 164 Å². The number of ether oxygens (including phenoxy) is 1. The number of aliphatic hydroxyl groups is 1. The number of carbonyl (C=O) groups excluding carboxylic acids is 1. The van der Waals surface area contributed by atoms with E-state index in [1.54, 1.807) is 0 Å². The highest BCUT2D eigenvalue weighted by Gasteiger charge is 2.09. The summed E-state index contributed by atoms with van der Waals surface area (Å²) < 4.78 is 5.13. The van der Waals surface area contributed by atoms with E-state index in [4.69, 9.17) is 10.5 Å². The van der Waals surface area contributed by atoms with Crippen molar-refractivity contribution in [3.8, 4) is 0 Å². The number of hydrogen-bond donors (Lipinski definition) is 3. The van der Waals surface area contributed by atoms with Gasteiger partial charge in [-0.3, -0.25) is 4.79 Å². The topological polar surface area (TPSA) is 84.6 Å². The summed E-state index contributed by atoms with van der Waals surface area (Å²) in [6.45, 7) is 2.84. The van der Waals surface area contributed by atoms with Crippen molar-refractivity contribution in [3.05, 3.63) is 22.7 Å². The van der Waals surface area contributed by atoms with E-state index in [9.17, 15) is 9.90 Å². The van der Waals surface area contributed by atoms with Crippen molar-refractivity contribution in [2.75, 3.05) is 13.2 Å². The van der Waals surface area contributed by atoms with Crippen molar-refractivity contribution >= 4 is 5.91 Å². The average Bonchev–Trinajstić information content (AvgIpc) is 2.65. The summed E-state index contributed by atoms with van der Waals surface area (Å²) in [6.07, 6.45) is 13.7. The van der Waals surface area contributed by atoms with Crippen LogP contribution in [0.3, 0.4) is 0 Å². The SMILES string of the molecule is CCCCC1=C=C=C(NC(O)CCCCCCCCCOCC(N)=O)CC1. The first kappa shape index (κ1) is 23.5. The number of aliphatic hydroxyl groups excluding tert-OH is 1. The maximum Gasteiger partial charge on any atom is 0.243 e. The molecule has 154 valence electrons. The second kappa shape index (κ2) is 15.5. The summed E-state index contributed by atoms with van der Waals surface area (Å²) in [7, 11) is 0. The molecule has 0 aromatic heterocycles. The van der Waals surface area contributed by atoms with Crippen molar-refractivity contribution in [1.29, 1.82) is 0 Å². The minimum Gasteiger partial charge on any atom is -0.374 e. The Hall–Kier alpha value is -1.51. The van der Waals surface area contributed by atoms with Crippen LogP contribution in [0.1, 0.15) is 90.4 Å². The number of carbonyl (C=O) groups is 1. The second-order valence-corrected chi connectivity index (χ2v) is 7.38. The summed E-state index contributed by atoms with van der Waals surface area (Å²) in [5, 5.41) is 13.3. The van der Waals surface area contributed by atoms with Gasteiger partial charge in [-0.25, -0.2) is 0 Å². The maximum absolute atomic E-state index is 10.5. The molecular formula is C22H38N2O3. The molecule has 1 unspecified atom stereocenters. The number of amides is 1. The molecule has 27 heavy (non-hydrogen) atoms. The fourth-order valence-electron chi connectivity index (χ4n) is 3.12. The molecule has 4 N–H and O–H groups in total. The van der Waals surface area contributed by atoms with E-state index in [0.717, 1.165) is 57.1 Å². The molecule has 0 radical (unpaired) electrons. The van der Waals surface area contributed by atoms with Crippen LogP contribution >= 0.6 is 0 Å². The van der Waals surface area contributed by atoms with Crippen molar-refractivity contribution in [3.63, 3.8) is 0 Å². The van der Waals surface area contributed by atoms with Gasteiger partial charge in [0.2, 0.25) is 5.91 Å². The van der Waals surface area contributed by atoms with Crippen LogP contribution < -0.4 is 11.1 Å². The maximum atomic E-state index is 10.5. The summed E-state index contributed by atoms with van der Waals surface area (Å²) in [5.41, 5.74) is 13.8. The molecular weight excluding hydrogens is 340 g/mol. The lowest BCUT2D eigenvalue weighted by Gasteiger charge is -2.17. The van der Waals surface area contributed by atoms with Gasteiger partial charge in [0.25, 0.3) is 0 Å². The molecule has 0 fully saturated rings. The lowest BCUT2D eigenvalue weighted by atomic mass is 10.0. The molecule has 0 aliphatic heterocycles. The van der Waals surface area contributed by atoms with Crippen LogP contribution in [0.15, 0.2) is 22.7 Å². The van der Waals surface area contributed by atoms with Gasteiger partial charge in [0, 0.05) is 6.61 Å². The number of nitrogens with two attached hydrogens (primary N) is 1. The minimum atomic E-state index is -0.478. The number of primary amides is 1. The first-order chi connectivity index (χ1) is 13.1. The summed E-state index contributed by atoms with van der Waals surface area (Å²) in [6, 6.07) is 0. The quantitative estimate of drug-likeness (QED) is 0.202. The molecule has 0 aromatic rings. The zero-order valence-electron chi connectivity index (χ0n) is 17.0. The van der Waals surface area contributed by atoms with E-state index in [1.165, 1.54) is 37.7 Å². The van der Waals surface area contributed by atoms with Crippen LogP contribution in [-0.2, 0) is 9.53 Å². The molecule has 0 saturated carbocycles. The van der Waals surface area contributed by atoms with Crippen LogP contribution in [0.2, 0.25) is 0 Å². The fraction of sp³-hybridized carbons (Fsp3) is 0.773. The van der Waals surface area contributed by atoms with Gasteiger partial charge in [0.1, 0.15) is 12.8 Å². The lowest BCUT2D eigenvalue weighted by molar-refractivity contribution is -0.122. The molecule has 0 heterocycles. The van der Waals surface area contributed by atoms with Gasteiger partial charge in [0.15, 0.2) is 0 Å². The van der Waals surface area contributed by atoms with Gasteiger partial charge in [-0.15, -0.1) is 0 Å². The molecule has 1 amide bonds. The Morgan fingerprint density at radius 1 is 1.11 bits per heavy atom. The molecule has 1 aliphatic carbocycles. The Morgan fingerprint density at radius 2 is 1.81 bits per heavy atom. The predicted octanol–water partition coefficient (Wildman–Crippen LogP) is 4.07. The fourth-order valence-corrected chi connectivity index (χ4v) is 3.12. The molecule has 0 aromatic carbocycles. The Morgan fingerprint density at radius 3 is 2.44 bits per heavy atom. The van der Waals surface area contributed by atoms with Crippen molar-refractivity contribution in [1.82, 2.24) is 5.32 Å². The van der Waals surface area contributed by atoms with Crippen molar-refractivity contribution in [2.45, 2.75) is 96.6 Å². The van der Waals surface area contributed by atoms with Crippen molar-refractivity contribution < 1.29 is 14.6 Å². The Kier molecular flexibility index (Phi) is 13.5. The third-order valence-corrected chi connectivity index (χ3v) is 4.75. The minimum absolute atomic E-state index is 0.0271. The molecule has 5 heteroatoms. The molecule has 1 aliphatic rings. The summed E-state index contributed by atoms with van der Waals surface area (Å²) in [4.78, 5) is 10.5. The van der Waals surface area contributed by atoms with E-state index in [0.29, 0.717) is 6.61 Å². The third kappa shape index (κ3) is 13.3. The largest absolute Gasteiger partial charge is 0.374 e. The van der Waals surface area contributed by atoms with Crippen LogP contribution in [-0.4, -0.2) is 30.5 Å². The number of allylic oxidation sites excluding steroid dienone is 2. The van der Waals surface area contributed by atoms with Crippen LogP contribution in [0.25, 0.3) is 0 Å². The lowest BCUT2D eigenvalue weighted by Crippen LogP contribution is -2.28. The zero-order chi connectivity index (χ0) is 19.7. The Bertz CT molecular complexity index is 518. The normalized spacial score (nSPS) is 14.6. The van der Waals surface area contributed by atoms with E-state index in [-0.39, 0.29) is 6.61 Å². The predicted molar refractivity (Wildman–Crippen MR) is 109 cm³/mol. The number of rotatable bonds is 17. The molecule has 0 saturated heterocycles.